The molecule has 0 saturated heterocycles. The summed E-state index contributed by atoms with van der Waals surface area (Å²) >= 11 is 0. The number of carbonyl (C=O) groups excluding carboxylic acids is 1. The molecule has 0 atom stereocenters. The van der Waals surface area contributed by atoms with E-state index in [1.54, 1.807) is 0 Å². The number of carbonyl (C=O) groups is 1. The highest BCUT2D eigenvalue weighted by atomic mass is 16.5. The number of unbranched alkanes of at least 4 members (excludes halogenated alkanes) is 3. The summed E-state index contributed by atoms with van der Waals surface area (Å²) in [5, 5.41) is 2.81. The lowest BCUT2D eigenvalue weighted by Gasteiger charge is -2.07. The van der Waals surface area contributed by atoms with E-state index in [2.05, 4.69) is 12.2 Å². The zero-order valence-corrected chi connectivity index (χ0v) is 11.4. The van der Waals surface area contributed by atoms with Crippen LogP contribution in [0, 0.1) is 0 Å². The highest BCUT2D eigenvalue weighted by Crippen LogP contribution is 2.16. The van der Waals surface area contributed by atoms with Crippen molar-refractivity contribution in [2.75, 3.05) is 11.9 Å². The van der Waals surface area contributed by atoms with Gasteiger partial charge in [0.1, 0.15) is 5.75 Å². The number of hydrogen-bond acceptors (Lipinski definition) is 2. The Labute approximate surface area is 110 Å². The maximum absolute atomic E-state index is 11.2. The van der Waals surface area contributed by atoms with Gasteiger partial charge in [-0.05, 0) is 30.7 Å². The Morgan fingerprint density at radius 3 is 2.44 bits per heavy atom. The number of hydrogen-bond donors (Lipinski definition) is 1. The normalized spacial score (nSPS) is 10.1. The Morgan fingerprint density at radius 1 is 1.11 bits per heavy atom. The van der Waals surface area contributed by atoms with Gasteiger partial charge in [-0.15, -0.1) is 0 Å². The maximum atomic E-state index is 11.2. The van der Waals surface area contributed by atoms with Gasteiger partial charge in [-0.25, -0.2) is 0 Å². The molecule has 0 spiro atoms. The van der Waals surface area contributed by atoms with Crippen molar-refractivity contribution in [3.05, 3.63) is 24.3 Å². The van der Waals surface area contributed by atoms with Gasteiger partial charge >= 0.3 is 0 Å². The molecule has 1 amide bonds. The van der Waals surface area contributed by atoms with Gasteiger partial charge in [0.2, 0.25) is 5.91 Å². The Morgan fingerprint density at radius 2 is 1.83 bits per heavy atom. The molecule has 18 heavy (non-hydrogen) atoms. The van der Waals surface area contributed by atoms with E-state index >= 15 is 0 Å². The Balaban J connectivity index is 2.29. The molecule has 1 rings (SSSR count). The fourth-order valence-corrected chi connectivity index (χ4v) is 1.60. The Bertz CT molecular complexity index is 346. The fraction of sp³-hybridized carbons (Fsp3) is 0.533. The highest BCUT2D eigenvalue weighted by Gasteiger charge is 1.99. The van der Waals surface area contributed by atoms with Crippen LogP contribution in [0.25, 0.3) is 0 Å². The Kier molecular flexibility index (Phi) is 6.92. The van der Waals surface area contributed by atoms with Crippen molar-refractivity contribution >= 4 is 11.6 Å². The molecule has 0 fully saturated rings. The van der Waals surface area contributed by atoms with Crippen molar-refractivity contribution < 1.29 is 9.53 Å². The average molecular weight is 249 g/mol. The number of nitrogens with one attached hydrogen (secondary N) is 1. The van der Waals surface area contributed by atoms with Gasteiger partial charge in [-0.2, -0.15) is 0 Å². The van der Waals surface area contributed by atoms with Crippen molar-refractivity contribution in [2.24, 2.45) is 0 Å². The van der Waals surface area contributed by atoms with Crippen LogP contribution in [-0.2, 0) is 4.79 Å². The molecule has 0 heterocycles. The smallest absolute Gasteiger partial charge is 0.224 e. The van der Waals surface area contributed by atoms with Crippen molar-refractivity contribution in [1.82, 2.24) is 0 Å². The van der Waals surface area contributed by atoms with Crippen LogP contribution in [0.5, 0.6) is 5.75 Å². The average Bonchev–Trinajstić information content (AvgIpc) is 2.40. The molecular weight excluding hydrogens is 226 g/mol. The van der Waals surface area contributed by atoms with E-state index in [0.29, 0.717) is 6.42 Å². The van der Waals surface area contributed by atoms with Crippen LogP contribution in [-0.4, -0.2) is 12.5 Å². The van der Waals surface area contributed by atoms with Gasteiger partial charge in [-0.3, -0.25) is 4.79 Å². The first-order valence-electron chi connectivity index (χ1n) is 6.79. The molecule has 0 aliphatic heterocycles. The van der Waals surface area contributed by atoms with Gasteiger partial charge in [0.25, 0.3) is 0 Å². The third-order valence-corrected chi connectivity index (χ3v) is 2.73. The second-order valence-electron chi connectivity index (χ2n) is 4.34. The van der Waals surface area contributed by atoms with Crippen LogP contribution in [0.1, 0.15) is 46.0 Å². The summed E-state index contributed by atoms with van der Waals surface area (Å²) < 4.78 is 5.63. The van der Waals surface area contributed by atoms with E-state index in [-0.39, 0.29) is 5.91 Å². The minimum atomic E-state index is 0.0308. The lowest BCUT2D eigenvalue weighted by Crippen LogP contribution is -2.09. The van der Waals surface area contributed by atoms with Crippen LogP contribution >= 0.6 is 0 Å². The molecule has 100 valence electrons. The number of benzene rings is 1. The van der Waals surface area contributed by atoms with E-state index in [9.17, 15) is 4.79 Å². The molecule has 1 aromatic carbocycles. The number of ether oxygens (including phenoxy) is 1. The lowest BCUT2D eigenvalue weighted by atomic mass is 10.2. The molecule has 0 saturated carbocycles. The van der Waals surface area contributed by atoms with Crippen LogP contribution in [0.2, 0.25) is 0 Å². The molecule has 0 aliphatic rings. The predicted molar refractivity (Wildman–Crippen MR) is 75.0 cm³/mol. The zero-order chi connectivity index (χ0) is 13.2. The molecule has 0 aromatic heterocycles. The maximum Gasteiger partial charge on any atom is 0.224 e. The summed E-state index contributed by atoms with van der Waals surface area (Å²) in [4.78, 5) is 11.2. The first kappa shape index (κ1) is 14.6. The van der Waals surface area contributed by atoms with E-state index in [1.807, 2.05) is 31.2 Å². The van der Waals surface area contributed by atoms with E-state index in [1.165, 1.54) is 19.3 Å². The molecule has 3 heteroatoms. The molecule has 0 aliphatic carbocycles. The molecule has 3 nitrogen and oxygen atoms in total. The standard InChI is InChI=1S/C15H23NO2/c1-3-5-6-7-12-18-14-10-8-13(9-11-14)16-15(17)4-2/h8-11H,3-7,12H2,1-2H3,(H,16,17). The van der Waals surface area contributed by atoms with E-state index in [0.717, 1.165) is 24.5 Å². The third kappa shape index (κ3) is 5.71. The quantitative estimate of drug-likeness (QED) is 0.707. The second-order valence-corrected chi connectivity index (χ2v) is 4.34. The fourth-order valence-electron chi connectivity index (χ4n) is 1.60. The van der Waals surface area contributed by atoms with Crippen LogP contribution in [0.3, 0.4) is 0 Å². The molecule has 1 N–H and O–H groups in total. The monoisotopic (exact) mass is 249 g/mol. The van der Waals surface area contributed by atoms with Crippen molar-refractivity contribution in [2.45, 2.75) is 46.0 Å². The number of rotatable bonds is 8. The van der Waals surface area contributed by atoms with Crippen molar-refractivity contribution in [3.8, 4) is 5.75 Å². The molecule has 0 unspecified atom stereocenters. The highest BCUT2D eigenvalue weighted by molar-refractivity contribution is 5.90. The van der Waals surface area contributed by atoms with Gasteiger partial charge < -0.3 is 10.1 Å². The van der Waals surface area contributed by atoms with Gasteiger partial charge in [0.05, 0.1) is 6.61 Å². The summed E-state index contributed by atoms with van der Waals surface area (Å²) in [5.41, 5.74) is 0.820. The van der Waals surface area contributed by atoms with Crippen LogP contribution < -0.4 is 10.1 Å². The second kappa shape index (κ2) is 8.56. The SMILES string of the molecule is CCCCCCOc1ccc(NC(=O)CC)cc1. The van der Waals surface area contributed by atoms with Gasteiger partial charge in [-0.1, -0.05) is 33.1 Å². The van der Waals surface area contributed by atoms with Crippen molar-refractivity contribution in [1.29, 1.82) is 0 Å². The lowest BCUT2D eigenvalue weighted by molar-refractivity contribution is -0.115. The summed E-state index contributed by atoms with van der Waals surface area (Å²) in [7, 11) is 0. The first-order chi connectivity index (χ1) is 8.76. The van der Waals surface area contributed by atoms with E-state index < -0.39 is 0 Å². The largest absolute Gasteiger partial charge is 0.494 e. The number of anilines is 1. The topological polar surface area (TPSA) is 38.3 Å². The third-order valence-electron chi connectivity index (χ3n) is 2.73. The first-order valence-corrected chi connectivity index (χ1v) is 6.79. The summed E-state index contributed by atoms with van der Waals surface area (Å²) in [6.45, 7) is 4.80. The van der Waals surface area contributed by atoms with E-state index in [4.69, 9.17) is 4.74 Å². The molecule has 0 radical (unpaired) electrons. The van der Waals surface area contributed by atoms with Gasteiger partial charge in [0.15, 0.2) is 0 Å². The predicted octanol–water partition coefficient (Wildman–Crippen LogP) is 3.99. The summed E-state index contributed by atoms with van der Waals surface area (Å²) in [6, 6.07) is 7.53. The van der Waals surface area contributed by atoms with Crippen LogP contribution in [0.4, 0.5) is 5.69 Å². The summed E-state index contributed by atoms with van der Waals surface area (Å²) in [5.74, 6) is 0.893. The van der Waals surface area contributed by atoms with Crippen molar-refractivity contribution in [3.63, 3.8) is 0 Å². The number of amides is 1. The van der Waals surface area contributed by atoms with Gasteiger partial charge in [0, 0.05) is 12.1 Å². The molecule has 1 aromatic rings. The minimum absolute atomic E-state index is 0.0308. The van der Waals surface area contributed by atoms with Crippen LogP contribution in [0.15, 0.2) is 24.3 Å². The molecular formula is C15H23NO2. The molecule has 0 bridgehead atoms. The minimum Gasteiger partial charge on any atom is -0.494 e. The summed E-state index contributed by atoms with van der Waals surface area (Å²) in [6.07, 6.45) is 5.33. The Hall–Kier alpha value is -1.51. The zero-order valence-electron chi connectivity index (χ0n) is 11.4.